The Labute approximate surface area is 244 Å². The minimum Gasteiger partial charge on any atom is -0.461 e. The summed E-state index contributed by atoms with van der Waals surface area (Å²) in [5.41, 5.74) is 0.488. The van der Waals surface area contributed by atoms with Crippen molar-refractivity contribution in [3.8, 4) is 0 Å². The summed E-state index contributed by atoms with van der Waals surface area (Å²) in [5, 5.41) is 25.2. The van der Waals surface area contributed by atoms with E-state index >= 15 is 0 Å². The number of carbonyl (C=O) groups is 1. The molecule has 0 unspecified atom stereocenters. The molecule has 1 saturated heterocycles. The van der Waals surface area contributed by atoms with Crippen LogP contribution in [-0.4, -0.2) is 57.0 Å². The number of carbonyl (C=O) groups excluding carboxylic acids is 1. The molecule has 2 rings (SSSR count). The van der Waals surface area contributed by atoms with Crippen LogP contribution in [0.3, 0.4) is 0 Å². The molecule has 4 atom stereocenters. The summed E-state index contributed by atoms with van der Waals surface area (Å²) in [7, 11) is 1.74. The fourth-order valence-corrected chi connectivity index (χ4v) is 5.80. The average Bonchev–Trinajstić information content (AvgIpc) is 3.62. The molecule has 2 N–H and O–H groups in total. The first kappa shape index (κ1) is 34.8. The van der Waals surface area contributed by atoms with Crippen molar-refractivity contribution in [1.29, 1.82) is 0 Å². The predicted octanol–water partition coefficient (Wildman–Crippen LogP) is 7.67. The van der Waals surface area contributed by atoms with Crippen molar-refractivity contribution in [2.24, 2.45) is 7.05 Å². The average molecular weight is 565 g/mol. The Hall–Kier alpha value is -1.44. The highest BCUT2D eigenvalue weighted by molar-refractivity contribution is 5.87. The van der Waals surface area contributed by atoms with Crippen LogP contribution in [0.1, 0.15) is 159 Å². The molecular formula is C33H60N2O5. The number of nitrogens with zero attached hydrogens (tertiary/aromatic N) is 2. The predicted molar refractivity (Wildman–Crippen MR) is 161 cm³/mol. The van der Waals surface area contributed by atoms with E-state index in [4.69, 9.17) is 9.47 Å². The summed E-state index contributed by atoms with van der Waals surface area (Å²) in [6, 6.07) is 1.67. The van der Waals surface area contributed by atoms with Crippen LogP contribution in [0.5, 0.6) is 0 Å². The Morgan fingerprint density at radius 1 is 0.825 bits per heavy atom. The van der Waals surface area contributed by atoms with E-state index in [-0.39, 0.29) is 24.3 Å². The zero-order valence-electron chi connectivity index (χ0n) is 25.7. The van der Waals surface area contributed by atoms with Gasteiger partial charge in [0.1, 0.15) is 5.69 Å². The van der Waals surface area contributed by atoms with Gasteiger partial charge in [0.05, 0.1) is 31.0 Å². The van der Waals surface area contributed by atoms with Crippen LogP contribution in [0.2, 0.25) is 0 Å². The number of ether oxygens (including phenoxy) is 2. The van der Waals surface area contributed by atoms with E-state index in [9.17, 15) is 15.0 Å². The minimum absolute atomic E-state index is 0.100. The van der Waals surface area contributed by atoms with Crippen LogP contribution in [0.25, 0.3) is 0 Å². The van der Waals surface area contributed by atoms with E-state index in [0.29, 0.717) is 12.3 Å². The largest absolute Gasteiger partial charge is 0.461 e. The van der Waals surface area contributed by atoms with Crippen LogP contribution in [0.15, 0.2) is 12.3 Å². The number of aliphatic hydroxyl groups excluding tert-OH is 2. The SMILES string of the molecule is CCCCCCCCCCCC[C@@H](O)[C@H]1CC[C@H]([C@H](O)CCCCCCCCCCOC(=O)c2ccnn2C)O1. The number of hydrogen-bond acceptors (Lipinski definition) is 6. The van der Waals surface area contributed by atoms with Gasteiger partial charge in [-0.25, -0.2) is 4.79 Å². The van der Waals surface area contributed by atoms with Crippen LogP contribution in [-0.2, 0) is 16.5 Å². The lowest BCUT2D eigenvalue weighted by Gasteiger charge is -2.22. The maximum Gasteiger partial charge on any atom is 0.356 e. The lowest BCUT2D eigenvalue weighted by Crippen LogP contribution is -2.31. The maximum absolute atomic E-state index is 11.9. The molecule has 0 saturated carbocycles. The molecule has 7 nitrogen and oxygen atoms in total. The van der Waals surface area contributed by atoms with Crippen LogP contribution in [0, 0.1) is 0 Å². The van der Waals surface area contributed by atoms with Gasteiger partial charge < -0.3 is 19.7 Å². The summed E-state index contributed by atoms with van der Waals surface area (Å²) in [4.78, 5) is 11.9. The zero-order chi connectivity index (χ0) is 28.8. The van der Waals surface area contributed by atoms with Crippen molar-refractivity contribution in [3.05, 3.63) is 18.0 Å². The summed E-state index contributed by atoms with van der Waals surface area (Å²) < 4.78 is 12.9. The number of hydrogen-bond donors (Lipinski definition) is 2. The molecule has 1 aliphatic heterocycles. The number of unbranched alkanes of at least 4 members (excludes halogenated alkanes) is 16. The second kappa shape index (κ2) is 22.2. The highest BCUT2D eigenvalue weighted by Crippen LogP contribution is 2.28. The molecular weight excluding hydrogens is 504 g/mol. The standard InChI is InChI=1S/C33H60N2O5/c1-3-4-5-6-7-8-9-12-15-18-21-29(36)31-23-24-32(40-31)30(37)22-19-16-13-10-11-14-17-20-27-39-33(38)28-25-26-34-35(28)2/h25-26,29-32,36-37H,3-24,27H2,1-2H3/t29-,30-,31-,32-/m1/s1. The van der Waals surface area contributed by atoms with Gasteiger partial charge in [0.2, 0.25) is 0 Å². The number of aromatic nitrogens is 2. The molecule has 40 heavy (non-hydrogen) atoms. The van der Waals surface area contributed by atoms with E-state index in [1.54, 1.807) is 19.3 Å². The van der Waals surface area contributed by atoms with Crippen molar-refractivity contribution < 1.29 is 24.5 Å². The molecule has 0 aliphatic carbocycles. The summed E-state index contributed by atoms with van der Waals surface area (Å²) in [5.74, 6) is -0.304. The van der Waals surface area contributed by atoms with Crippen LogP contribution in [0.4, 0.5) is 0 Å². The Bertz CT molecular complexity index is 755. The second-order valence-corrected chi connectivity index (χ2v) is 12.0. The quantitative estimate of drug-likeness (QED) is 0.0935. The number of esters is 1. The van der Waals surface area contributed by atoms with Crippen molar-refractivity contribution in [2.75, 3.05) is 6.61 Å². The van der Waals surface area contributed by atoms with Crippen LogP contribution >= 0.6 is 0 Å². The molecule has 1 fully saturated rings. The van der Waals surface area contributed by atoms with Gasteiger partial charge >= 0.3 is 5.97 Å². The van der Waals surface area contributed by atoms with E-state index in [1.165, 1.54) is 81.7 Å². The van der Waals surface area contributed by atoms with Crippen molar-refractivity contribution in [2.45, 2.75) is 173 Å². The fourth-order valence-electron chi connectivity index (χ4n) is 5.80. The first-order chi connectivity index (χ1) is 19.5. The molecule has 1 aromatic rings. The lowest BCUT2D eigenvalue weighted by molar-refractivity contribution is -0.0786. The van der Waals surface area contributed by atoms with Gasteiger partial charge in [-0.15, -0.1) is 0 Å². The van der Waals surface area contributed by atoms with Gasteiger partial charge in [-0.1, -0.05) is 116 Å². The molecule has 7 heteroatoms. The third-order valence-corrected chi connectivity index (χ3v) is 8.45. The van der Waals surface area contributed by atoms with Gasteiger partial charge in [0.15, 0.2) is 0 Å². The first-order valence-corrected chi connectivity index (χ1v) is 16.7. The third-order valence-electron chi connectivity index (χ3n) is 8.45. The summed E-state index contributed by atoms with van der Waals surface area (Å²) in [6.07, 6.45) is 25.8. The molecule has 0 radical (unpaired) electrons. The van der Waals surface area contributed by atoms with Crippen molar-refractivity contribution in [3.63, 3.8) is 0 Å². The van der Waals surface area contributed by atoms with E-state index in [0.717, 1.165) is 64.2 Å². The van der Waals surface area contributed by atoms with Gasteiger partial charge in [-0.05, 0) is 38.2 Å². The van der Waals surface area contributed by atoms with Crippen molar-refractivity contribution in [1.82, 2.24) is 9.78 Å². The normalized spacial score (nSPS) is 18.7. The van der Waals surface area contributed by atoms with Gasteiger partial charge in [-0.3, -0.25) is 4.68 Å². The van der Waals surface area contributed by atoms with E-state index in [2.05, 4.69) is 12.0 Å². The Kier molecular flexibility index (Phi) is 19.3. The number of rotatable bonds is 25. The number of aryl methyl sites for hydroxylation is 1. The van der Waals surface area contributed by atoms with Gasteiger partial charge in [0.25, 0.3) is 0 Å². The fraction of sp³-hybridized carbons (Fsp3) is 0.879. The Balaban J connectivity index is 1.36. The van der Waals surface area contributed by atoms with Gasteiger partial charge in [-0.2, -0.15) is 5.10 Å². The van der Waals surface area contributed by atoms with Crippen molar-refractivity contribution >= 4 is 5.97 Å². The lowest BCUT2D eigenvalue weighted by atomic mass is 10.00. The number of aliphatic hydroxyl groups is 2. The van der Waals surface area contributed by atoms with Crippen LogP contribution < -0.4 is 0 Å². The molecule has 1 aliphatic rings. The Morgan fingerprint density at radius 3 is 1.73 bits per heavy atom. The molecule has 232 valence electrons. The summed E-state index contributed by atoms with van der Waals surface area (Å²) >= 11 is 0. The minimum atomic E-state index is -0.413. The first-order valence-electron chi connectivity index (χ1n) is 16.7. The van der Waals surface area contributed by atoms with Gasteiger partial charge in [0, 0.05) is 13.2 Å². The molecule has 0 bridgehead atoms. The zero-order valence-corrected chi connectivity index (χ0v) is 25.7. The monoisotopic (exact) mass is 564 g/mol. The molecule has 0 amide bonds. The highest BCUT2D eigenvalue weighted by atomic mass is 16.5. The smallest absolute Gasteiger partial charge is 0.356 e. The maximum atomic E-state index is 11.9. The third kappa shape index (κ3) is 15.0. The summed E-state index contributed by atoms with van der Waals surface area (Å²) in [6.45, 7) is 2.72. The topological polar surface area (TPSA) is 93.8 Å². The Morgan fingerprint density at radius 2 is 1.27 bits per heavy atom. The molecule has 0 aromatic carbocycles. The second-order valence-electron chi connectivity index (χ2n) is 12.0. The van der Waals surface area contributed by atoms with E-state index < -0.39 is 6.10 Å². The molecule has 1 aromatic heterocycles. The highest BCUT2D eigenvalue weighted by Gasteiger charge is 2.33. The molecule has 2 heterocycles. The molecule has 0 spiro atoms. The van der Waals surface area contributed by atoms with E-state index in [1.807, 2.05) is 0 Å².